The molecule has 0 saturated carbocycles. The van der Waals surface area contributed by atoms with Crippen molar-refractivity contribution >= 4 is 39.4 Å². The number of nitriles is 1. The Morgan fingerprint density at radius 3 is 2.67 bits per heavy atom. The first kappa shape index (κ1) is 13.3. The van der Waals surface area contributed by atoms with E-state index in [1.54, 1.807) is 11.3 Å². The number of hydrogen-bond acceptors (Lipinski definition) is 4. The van der Waals surface area contributed by atoms with Crippen molar-refractivity contribution in [2.24, 2.45) is 0 Å². The lowest BCUT2D eigenvalue weighted by molar-refractivity contribution is 1.45. The van der Waals surface area contributed by atoms with E-state index in [-0.39, 0.29) is 0 Å². The average Bonchev–Trinajstić information content (AvgIpc) is 2.95. The normalized spacial score (nSPS) is 10.9. The summed E-state index contributed by atoms with van der Waals surface area (Å²) in [6, 6.07) is 15.8. The summed E-state index contributed by atoms with van der Waals surface area (Å²) in [6.07, 6.45) is 4.02. The molecule has 3 aromatic rings. The van der Waals surface area contributed by atoms with Crippen LogP contribution in [0.1, 0.15) is 16.1 Å². The molecule has 1 N–H and O–H groups in total. The lowest BCUT2D eigenvalue weighted by atomic mass is 10.1. The topological polar surface area (TPSA) is 48.7 Å². The van der Waals surface area contributed by atoms with Crippen LogP contribution in [-0.4, -0.2) is 12.0 Å². The zero-order valence-corrected chi connectivity index (χ0v) is 12.3. The highest BCUT2D eigenvalue weighted by molar-refractivity contribution is 7.19. The Labute approximate surface area is 127 Å². The lowest BCUT2D eigenvalue weighted by Crippen LogP contribution is -1.85. The van der Waals surface area contributed by atoms with E-state index in [9.17, 15) is 0 Å². The van der Waals surface area contributed by atoms with Crippen molar-refractivity contribution in [3.05, 3.63) is 58.6 Å². The summed E-state index contributed by atoms with van der Waals surface area (Å²) < 4.78 is 1.17. The van der Waals surface area contributed by atoms with Crippen LogP contribution < -0.4 is 5.32 Å². The summed E-state index contributed by atoms with van der Waals surface area (Å²) in [4.78, 5) is 4.59. The van der Waals surface area contributed by atoms with Crippen LogP contribution in [0.4, 0.5) is 5.69 Å². The van der Waals surface area contributed by atoms with E-state index in [4.69, 9.17) is 5.26 Å². The van der Waals surface area contributed by atoms with Crippen LogP contribution >= 0.6 is 11.3 Å². The summed E-state index contributed by atoms with van der Waals surface area (Å²) in [6.45, 7) is 0. The van der Waals surface area contributed by atoms with Crippen molar-refractivity contribution in [1.82, 2.24) is 4.98 Å². The van der Waals surface area contributed by atoms with E-state index in [0.29, 0.717) is 5.56 Å². The van der Waals surface area contributed by atoms with E-state index in [2.05, 4.69) is 22.4 Å². The molecule has 0 amide bonds. The third-order valence-electron chi connectivity index (χ3n) is 3.15. The van der Waals surface area contributed by atoms with E-state index >= 15 is 0 Å². The predicted molar refractivity (Wildman–Crippen MR) is 89.3 cm³/mol. The van der Waals surface area contributed by atoms with Crippen molar-refractivity contribution in [3.63, 3.8) is 0 Å². The van der Waals surface area contributed by atoms with Crippen molar-refractivity contribution in [2.75, 3.05) is 12.4 Å². The molecule has 1 aromatic heterocycles. The number of benzene rings is 2. The number of thiazole rings is 1. The van der Waals surface area contributed by atoms with Crippen molar-refractivity contribution < 1.29 is 0 Å². The van der Waals surface area contributed by atoms with E-state index in [0.717, 1.165) is 21.8 Å². The zero-order valence-electron chi connectivity index (χ0n) is 11.5. The molecular weight excluding hydrogens is 278 g/mol. The molecule has 0 radical (unpaired) electrons. The first-order valence-electron chi connectivity index (χ1n) is 6.55. The minimum absolute atomic E-state index is 0.673. The van der Waals surface area contributed by atoms with Crippen LogP contribution in [0.25, 0.3) is 22.4 Å². The minimum Gasteiger partial charge on any atom is -0.388 e. The fourth-order valence-electron chi connectivity index (χ4n) is 2.01. The molecule has 0 aliphatic heterocycles. The summed E-state index contributed by atoms with van der Waals surface area (Å²) in [7, 11) is 1.91. The second-order valence-corrected chi connectivity index (χ2v) is 5.61. The molecule has 0 atom stereocenters. The van der Waals surface area contributed by atoms with Gasteiger partial charge in [0.2, 0.25) is 0 Å². The Bertz CT molecular complexity index is 839. The van der Waals surface area contributed by atoms with E-state index in [1.807, 2.05) is 55.6 Å². The molecule has 4 heteroatoms. The highest BCUT2D eigenvalue weighted by Gasteiger charge is 2.02. The largest absolute Gasteiger partial charge is 0.388 e. The first-order chi connectivity index (χ1) is 10.3. The Morgan fingerprint density at radius 1 is 1.14 bits per heavy atom. The Kier molecular flexibility index (Phi) is 3.67. The van der Waals surface area contributed by atoms with Crippen molar-refractivity contribution in [2.45, 2.75) is 0 Å². The molecule has 102 valence electrons. The van der Waals surface area contributed by atoms with E-state index < -0.39 is 0 Å². The van der Waals surface area contributed by atoms with Crippen LogP contribution in [0, 0.1) is 11.3 Å². The molecule has 21 heavy (non-hydrogen) atoms. The van der Waals surface area contributed by atoms with Crippen LogP contribution in [0.3, 0.4) is 0 Å². The molecule has 3 nitrogen and oxygen atoms in total. The van der Waals surface area contributed by atoms with Gasteiger partial charge in [0.15, 0.2) is 0 Å². The van der Waals surface area contributed by atoms with Gasteiger partial charge in [-0.2, -0.15) is 5.26 Å². The number of anilines is 1. The quantitative estimate of drug-likeness (QED) is 0.779. The fraction of sp³-hybridized carbons (Fsp3) is 0.0588. The smallest absolute Gasteiger partial charge is 0.117 e. The fourth-order valence-corrected chi connectivity index (χ4v) is 2.92. The van der Waals surface area contributed by atoms with Gasteiger partial charge in [-0.3, -0.25) is 0 Å². The van der Waals surface area contributed by atoms with Crippen LogP contribution in [0.15, 0.2) is 42.5 Å². The summed E-state index contributed by atoms with van der Waals surface area (Å²) >= 11 is 1.66. The average molecular weight is 291 g/mol. The predicted octanol–water partition coefficient (Wildman–Crippen LogP) is 4.38. The zero-order chi connectivity index (χ0) is 14.7. The van der Waals surface area contributed by atoms with Gasteiger partial charge >= 0.3 is 0 Å². The van der Waals surface area contributed by atoms with Crippen LogP contribution in [-0.2, 0) is 0 Å². The maximum Gasteiger partial charge on any atom is 0.117 e. The van der Waals surface area contributed by atoms with Crippen LogP contribution in [0.5, 0.6) is 0 Å². The van der Waals surface area contributed by atoms with Gasteiger partial charge in [0.25, 0.3) is 0 Å². The summed E-state index contributed by atoms with van der Waals surface area (Å²) in [5.41, 5.74) is 3.84. The van der Waals surface area contributed by atoms with Gasteiger partial charge < -0.3 is 5.32 Å². The van der Waals surface area contributed by atoms with Gasteiger partial charge in [-0.15, -0.1) is 11.3 Å². The van der Waals surface area contributed by atoms with Gasteiger partial charge in [-0.1, -0.05) is 18.2 Å². The van der Waals surface area contributed by atoms with Gasteiger partial charge in [-0.25, -0.2) is 4.98 Å². The Morgan fingerprint density at radius 2 is 1.95 bits per heavy atom. The summed E-state index contributed by atoms with van der Waals surface area (Å²) in [5, 5.41) is 12.9. The number of aromatic nitrogens is 1. The number of fused-ring (bicyclic) bond motifs is 1. The molecule has 3 rings (SSSR count). The summed E-state index contributed by atoms with van der Waals surface area (Å²) in [5.74, 6) is 0. The number of nitrogens with zero attached hydrogens (tertiary/aromatic N) is 2. The highest BCUT2D eigenvalue weighted by Crippen LogP contribution is 2.26. The molecule has 0 unspecified atom stereocenters. The maximum absolute atomic E-state index is 8.78. The SMILES string of the molecule is CNc1ccc2nc(/C=C/c3ccc(C#N)cc3)sc2c1. The highest BCUT2D eigenvalue weighted by atomic mass is 32.1. The second kappa shape index (κ2) is 5.78. The number of hydrogen-bond donors (Lipinski definition) is 1. The third kappa shape index (κ3) is 2.93. The van der Waals surface area contributed by atoms with Gasteiger partial charge in [0, 0.05) is 12.7 Å². The van der Waals surface area contributed by atoms with Gasteiger partial charge in [-0.05, 0) is 42.0 Å². The van der Waals surface area contributed by atoms with Crippen molar-refractivity contribution in [1.29, 1.82) is 5.26 Å². The second-order valence-electron chi connectivity index (χ2n) is 4.55. The maximum atomic E-state index is 8.78. The molecular formula is C17H13N3S. The molecule has 0 aliphatic rings. The molecule has 1 heterocycles. The van der Waals surface area contributed by atoms with Gasteiger partial charge in [0.05, 0.1) is 21.8 Å². The molecule has 2 aromatic carbocycles. The number of rotatable bonds is 3. The minimum atomic E-state index is 0.673. The molecule has 0 spiro atoms. The first-order valence-corrected chi connectivity index (χ1v) is 7.37. The lowest BCUT2D eigenvalue weighted by Gasteiger charge is -1.96. The van der Waals surface area contributed by atoms with Crippen molar-refractivity contribution in [3.8, 4) is 6.07 Å². The Balaban J connectivity index is 1.86. The monoisotopic (exact) mass is 291 g/mol. The third-order valence-corrected chi connectivity index (χ3v) is 4.14. The molecule has 0 aliphatic carbocycles. The Hall–Kier alpha value is -2.64. The van der Waals surface area contributed by atoms with Gasteiger partial charge in [0.1, 0.15) is 5.01 Å². The molecule has 0 fully saturated rings. The molecule has 0 saturated heterocycles. The number of nitrogens with one attached hydrogen (secondary N) is 1. The molecule has 0 bridgehead atoms. The van der Waals surface area contributed by atoms with Crippen LogP contribution in [0.2, 0.25) is 0 Å². The standard InChI is InChI=1S/C17H13N3S/c1-19-14-7-8-15-16(10-14)21-17(20-15)9-6-12-2-4-13(11-18)5-3-12/h2-10,19H,1H3/b9-6+. The van der Waals surface area contributed by atoms with E-state index in [1.165, 1.54) is 4.70 Å².